The SMILES string of the molecule is CNc1nc(-c2cccnc2)nc2c(OC)cc(-c3ccc(Cl)cc3F)cc12. The third-order valence-electron chi connectivity index (χ3n) is 4.38. The smallest absolute Gasteiger partial charge is 0.163 e. The van der Waals surface area contributed by atoms with Crippen LogP contribution in [-0.4, -0.2) is 29.1 Å². The number of halogens is 2. The highest BCUT2D eigenvalue weighted by Crippen LogP contribution is 2.36. The fraction of sp³-hybridized carbons (Fsp3) is 0.0952. The molecule has 2 heterocycles. The van der Waals surface area contributed by atoms with Crippen LogP contribution in [-0.2, 0) is 0 Å². The molecule has 0 bridgehead atoms. The Morgan fingerprint density at radius 1 is 1.07 bits per heavy atom. The molecule has 1 N–H and O–H groups in total. The first-order valence-electron chi connectivity index (χ1n) is 8.54. The van der Waals surface area contributed by atoms with E-state index in [2.05, 4.69) is 20.3 Å². The van der Waals surface area contributed by atoms with Crippen molar-refractivity contribution in [2.24, 2.45) is 0 Å². The van der Waals surface area contributed by atoms with Gasteiger partial charge in [-0.05, 0) is 48.0 Å². The van der Waals surface area contributed by atoms with Gasteiger partial charge in [-0.25, -0.2) is 14.4 Å². The van der Waals surface area contributed by atoms with Crippen LogP contribution in [0.5, 0.6) is 5.75 Å². The number of pyridine rings is 1. The molecule has 28 heavy (non-hydrogen) atoms. The molecule has 140 valence electrons. The number of anilines is 1. The number of hydrogen-bond donors (Lipinski definition) is 1. The van der Waals surface area contributed by atoms with Crippen molar-refractivity contribution in [1.29, 1.82) is 0 Å². The Hall–Kier alpha value is -3.25. The van der Waals surface area contributed by atoms with Crippen molar-refractivity contribution in [3.8, 4) is 28.3 Å². The maximum atomic E-state index is 14.5. The second-order valence-electron chi connectivity index (χ2n) is 6.09. The predicted molar refractivity (Wildman–Crippen MR) is 109 cm³/mol. The first-order valence-corrected chi connectivity index (χ1v) is 8.92. The van der Waals surface area contributed by atoms with E-state index in [-0.39, 0.29) is 0 Å². The quantitative estimate of drug-likeness (QED) is 0.515. The van der Waals surface area contributed by atoms with E-state index in [4.69, 9.17) is 16.3 Å². The Labute approximate surface area is 166 Å². The van der Waals surface area contributed by atoms with E-state index in [0.29, 0.717) is 39.1 Å². The molecule has 0 aliphatic rings. The number of ether oxygens (including phenoxy) is 1. The Balaban J connectivity index is 1.98. The van der Waals surface area contributed by atoms with Crippen LogP contribution >= 0.6 is 11.6 Å². The first kappa shape index (κ1) is 18.1. The molecule has 0 fully saturated rings. The normalized spacial score (nSPS) is 10.9. The fourth-order valence-electron chi connectivity index (χ4n) is 3.05. The van der Waals surface area contributed by atoms with Gasteiger partial charge in [-0.3, -0.25) is 4.98 Å². The summed E-state index contributed by atoms with van der Waals surface area (Å²) in [5.74, 6) is 1.24. The van der Waals surface area contributed by atoms with Crippen molar-refractivity contribution in [3.05, 3.63) is 65.7 Å². The van der Waals surface area contributed by atoms with E-state index < -0.39 is 5.82 Å². The summed E-state index contributed by atoms with van der Waals surface area (Å²) in [5, 5.41) is 4.16. The lowest BCUT2D eigenvalue weighted by atomic mass is 10.0. The zero-order chi connectivity index (χ0) is 19.7. The van der Waals surface area contributed by atoms with Gasteiger partial charge in [-0.2, -0.15) is 0 Å². The van der Waals surface area contributed by atoms with Gasteiger partial charge in [0.2, 0.25) is 0 Å². The van der Waals surface area contributed by atoms with Crippen molar-refractivity contribution in [3.63, 3.8) is 0 Å². The van der Waals surface area contributed by atoms with Crippen molar-refractivity contribution < 1.29 is 9.13 Å². The fourth-order valence-corrected chi connectivity index (χ4v) is 3.21. The van der Waals surface area contributed by atoms with Gasteiger partial charge in [-0.1, -0.05) is 11.6 Å². The van der Waals surface area contributed by atoms with Crippen LogP contribution < -0.4 is 10.1 Å². The lowest BCUT2D eigenvalue weighted by Gasteiger charge is -2.14. The number of rotatable bonds is 4. The first-order chi connectivity index (χ1) is 13.6. The Bertz CT molecular complexity index is 1170. The summed E-state index contributed by atoms with van der Waals surface area (Å²) in [5.41, 5.74) is 2.48. The van der Waals surface area contributed by atoms with Gasteiger partial charge in [0.05, 0.1) is 7.11 Å². The highest BCUT2D eigenvalue weighted by molar-refractivity contribution is 6.30. The molecule has 2 aromatic heterocycles. The lowest BCUT2D eigenvalue weighted by Crippen LogP contribution is -2.01. The number of benzene rings is 2. The van der Waals surface area contributed by atoms with E-state index in [9.17, 15) is 4.39 Å². The van der Waals surface area contributed by atoms with Crippen LogP contribution in [0.15, 0.2) is 54.9 Å². The minimum Gasteiger partial charge on any atom is -0.494 e. The Morgan fingerprint density at radius 3 is 2.61 bits per heavy atom. The molecule has 2 aromatic carbocycles. The van der Waals surface area contributed by atoms with Crippen LogP contribution in [0, 0.1) is 5.82 Å². The van der Waals surface area contributed by atoms with Gasteiger partial charge >= 0.3 is 0 Å². The zero-order valence-electron chi connectivity index (χ0n) is 15.2. The number of hydrogen-bond acceptors (Lipinski definition) is 5. The Morgan fingerprint density at radius 2 is 1.93 bits per heavy atom. The van der Waals surface area contributed by atoms with Gasteiger partial charge in [0.15, 0.2) is 5.82 Å². The topological polar surface area (TPSA) is 59.9 Å². The average molecular weight is 395 g/mol. The van der Waals surface area contributed by atoms with Gasteiger partial charge < -0.3 is 10.1 Å². The minimum absolute atomic E-state index is 0.342. The number of nitrogens with one attached hydrogen (secondary N) is 1. The van der Waals surface area contributed by atoms with Crippen molar-refractivity contribution in [2.75, 3.05) is 19.5 Å². The minimum atomic E-state index is -0.409. The van der Waals surface area contributed by atoms with Gasteiger partial charge in [0.25, 0.3) is 0 Å². The third-order valence-corrected chi connectivity index (χ3v) is 4.62. The summed E-state index contributed by atoms with van der Waals surface area (Å²) in [6, 6.07) is 11.9. The third kappa shape index (κ3) is 3.23. The molecule has 0 aliphatic carbocycles. The molecule has 7 heteroatoms. The largest absolute Gasteiger partial charge is 0.494 e. The van der Waals surface area contributed by atoms with Gasteiger partial charge in [0.1, 0.15) is 22.9 Å². The number of nitrogens with zero attached hydrogens (tertiary/aromatic N) is 3. The van der Waals surface area contributed by atoms with E-state index in [1.807, 2.05) is 18.2 Å². The van der Waals surface area contributed by atoms with E-state index in [1.165, 1.54) is 6.07 Å². The second-order valence-corrected chi connectivity index (χ2v) is 6.52. The molecule has 5 nitrogen and oxygen atoms in total. The van der Waals surface area contributed by atoms with Crippen molar-refractivity contribution in [1.82, 2.24) is 15.0 Å². The molecule has 0 saturated heterocycles. The summed E-state index contributed by atoms with van der Waals surface area (Å²) in [7, 11) is 3.33. The van der Waals surface area contributed by atoms with Crippen LogP contribution in [0.1, 0.15) is 0 Å². The molecular weight excluding hydrogens is 379 g/mol. The predicted octanol–water partition coefficient (Wildman–Crippen LogP) is 5.20. The summed E-state index contributed by atoms with van der Waals surface area (Å²) in [4.78, 5) is 13.4. The average Bonchev–Trinajstić information content (AvgIpc) is 2.72. The molecule has 4 aromatic rings. The molecule has 0 aliphatic heterocycles. The van der Waals surface area contributed by atoms with Crippen LogP contribution in [0.25, 0.3) is 33.4 Å². The molecule has 0 saturated carbocycles. The maximum Gasteiger partial charge on any atom is 0.163 e. The van der Waals surface area contributed by atoms with Gasteiger partial charge in [-0.15, -0.1) is 0 Å². The van der Waals surface area contributed by atoms with Crippen molar-refractivity contribution >= 4 is 28.3 Å². The van der Waals surface area contributed by atoms with Crippen LogP contribution in [0.4, 0.5) is 10.2 Å². The molecule has 0 spiro atoms. The summed E-state index contributed by atoms with van der Waals surface area (Å²) in [6.45, 7) is 0. The van der Waals surface area contributed by atoms with Crippen LogP contribution in [0.2, 0.25) is 5.02 Å². The van der Waals surface area contributed by atoms with Crippen LogP contribution in [0.3, 0.4) is 0 Å². The molecule has 0 atom stereocenters. The van der Waals surface area contributed by atoms with E-state index >= 15 is 0 Å². The number of aromatic nitrogens is 3. The molecule has 0 amide bonds. The molecule has 0 radical (unpaired) electrons. The number of fused-ring (bicyclic) bond motifs is 1. The molecular formula is C21H16ClFN4O. The Kier molecular flexibility index (Phi) is 4.79. The highest BCUT2D eigenvalue weighted by atomic mass is 35.5. The summed E-state index contributed by atoms with van der Waals surface area (Å²) >= 11 is 5.88. The summed E-state index contributed by atoms with van der Waals surface area (Å²) < 4.78 is 20.0. The number of methoxy groups -OCH3 is 1. The van der Waals surface area contributed by atoms with Gasteiger partial charge in [0, 0.05) is 41.0 Å². The van der Waals surface area contributed by atoms with E-state index in [0.717, 1.165) is 10.9 Å². The summed E-state index contributed by atoms with van der Waals surface area (Å²) in [6.07, 6.45) is 3.39. The lowest BCUT2D eigenvalue weighted by molar-refractivity contribution is 0.419. The monoisotopic (exact) mass is 394 g/mol. The molecule has 4 rings (SSSR count). The maximum absolute atomic E-state index is 14.5. The van der Waals surface area contributed by atoms with E-state index in [1.54, 1.807) is 44.8 Å². The highest BCUT2D eigenvalue weighted by Gasteiger charge is 2.16. The standard InChI is InChI=1S/C21H16ClFN4O/c1-24-21-16-8-13(15-6-5-14(22)10-17(15)23)9-18(28-2)19(16)26-20(27-21)12-4-3-7-25-11-12/h3-11H,1-2H3,(H,24,26,27). The zero-order valence-corrected chi connectivity index (χ0v) is 16.0. The molecule has 0 unspecified atom stereocenters. The van der Waals surface area contributed by atoms with Crippen molar-refractivity contribution in [2.45, 2.75) is 0 Å². The second kappa shape index (κ2) is 7.40.